The van der Waals surface area contributed by atoms with Crippen molar-refractivity contribution in [3.8, 4) is 0 Å². The van der Waals surface area contributed by atoms with Gasteiger partial charge in [-0.25, -0.2) is 4.98 Å². The van der Waals surface area contributed by atoms with Crippen molar-refractivity contribution in [2.24, 2.45) is 0 Å². The minimum absolute atomic E-state index is 1.08. The molecule has 0 aliphatic carbocycles. The third kappa shape index (κ3) is 3.09. The van der Waals surface area contributed by atoms with Crippen molar-refractivity contribution in [3.63, 3.8) is 0 Å². The summed E-state index contributed by atoms with van der Waals surface area (Å²) in [7, 11) is 0. The molecule has 2 aromatic rings. The molecule has 0 fully saturated rings. The number of hydrogen-bond donors (Lipinski definition) is 0. The Morgan fingerprint density at radius 2 is 2.06 bits per heavy atom. The predicted molar refractivity (Wildman–Crippen MR) is 75.5 cm³/mol. The monoisotopic (exact) mass is 294 g/mol. The third-order valence-corrected chi connectivity index (χ3v) is 3.47. The molecule has 0 unspecified atom stereocenters. The number of pyridine rings is 1. The van der Waals surface area contributed by atoms with Crippen molar-refractivity contribution in [2.45, 2.75) is 46.0 Å². The summed E-state index contributed by atoms with van der Waals surface area (Å²) in [5.74, 6) is 0. The largest absolute Gasteiger partial charge is 0.305 e. The first-order valence-electron chi connectivity index (χ1n) is 6.34. The number of unbranched alkanes of at least 4 members (excludes halogenated alkanes) is 3. The fourth-order valence-corrected chi connectivity index (χ4v) is 2.69. The SMILES string of the molecule is CCCCCCc1cn2cc(Br)cc(C)c2n1. The van der Waals surface area contributed by atoms with Gasteiger partial charge in [-0.15, -0.1) is 0 Å². The van der Waals surface area contributed by atoms with Gasteiger partial charge in [0, 0.05) is 16.9 Å². The Morgan fingerprint density at radius 3 is 2.82 bits per heavy atom. The fraction of sp³-hybridized carbons (Fsp3) is 0.500. The van der Waals surface area contributed by atoms with Gasteiger partial charge in [0.2, 0.25) is 0 Å². The summed E-state index contributed by atoms with van der Waals surface area (Å²) in [6.45, 7) is 4.35. The molecule has 92 valence electrons. The van der Waals surface area contributed by atoms with E-state index in [-0.39, 0.29) is 0 Å². The van der Waals surface area contributed by atoms with Gasteiger partial charge in [0.25, 0.3) is 0 Å². The number of nitrogens with zero attached hydrogens (tertiary/aromatic N) is 2. The minimum atomic E-state index is 1.08. The van der Waals surface area contributed by atoms with Gasteiger partial charge >= 0.3 is 0 Å². The van der Waals surface area contributed by atoms with Crippen molar-refractivity contribution >= 4 is 21.6 Å². The summed E-state index contributed by atoms with van der Waals surface area (Å²) < 4.78 is 3.23. The molecule has 17 heavy (non-hydrogen) atoms. The topological polar surface area (TPSA) is 17.3 Å². The Bertz CT molecular complexity index is 502. The number of halogens is 1. The van der Waals surface area contributed by atoms with Crippen LogP contribution in [-0.4, -0.2) is 9.38 Å². The lowest BCUT2D eigenvalue weighted by Gasteiger charge is -1.97. The summed E-state index contributed by atoms with van der Waals surface area (Å²) in [4.78, 5) is 4.69. The second kappa shape index (κ2) is 5.67. The third-order valence-electron chi connectivity index (χ3n) is 3.04. The van der Waals surface area contributed by atoms with Crippen molar-refractivity contribution < 1.29 is 0 Å². The minimum Gasteiger partial charge on any atom is -0.305 e. The Labute approximate surface area is 111 Å². The number of aryl methyl sites for hydroxylation is 2. The molecule has 0 saturated carbocycles. The second-order valence-corrected chi connectivity index (χ2v) is 5.53. The van der Waals surface area contributed by atoms with E-state index in [0.29, 0.717) is 0 Å². The van der Waals surface area contributed by atoms with Crippen LogP contribution in [0.2, 0.25) is 0 Å². The molecule has 0 atom stereocenters. The van der Waals surface area contributed by atoms with Crippen LogP contribution in [0.25, 0.3) is 5.65 Å². The lowest BCUT2D eigenvalue weighted by molar-refractivity contribution is 0.662. The summed E-state index contributed by atoms with van der Waals surface area (Å²) in [6.07, 6.45) is 10.5. The highest BCUT2D eigenvalue weighted by Gasteiger charge is 2.04. The quantitative estimate of drug-likeness (QED) is 0.741. The zero-order chi connectivity index (χ0) is 12.3. The Hall–Kier alpha value is -0.830. The Kier molecular flexibility index (Phi) is 4.21. The Balaban J connectivity index is 2.12. The van der Waals surface area contributed by atoms with Crippen LogP contribution in [0.4, 0.5) is 0 Å². The zero-order valence-electron chi connectivity index (χ0n) is 10.5. The summed E-state index contributed by atoms with van der Waals surface area (Å²) in [5, 5.41) is 0. The van der Waals surface area contributed by atoms with Gasteiger partial charge in [0.05, 0.1) is 5.69 Å². The number of aromatic nitrogens is 2. The van der Waals surface area contributed by atoms with Crippen molar-refractivity contribution in [1.82, 2.24) is 9.38 Å². The first kappa shape index (κ1) is 12.6. The molecular formula is C14H19BrN2. The smallest absolute Gasteiger partial charge is 0.139 e. The van der Waals surface area contributed by atoms with Crippen LogP contribution in [0, 0.1) is 6.92 Å². The van der Waals surface area contributed by atoms with Gasteiger partial charge in [0.15, 0.2) is 0 Å². The molecule has 0 aliphatic rings. The number of rotatable bonds is 5. The van der Waals surface area contributed by atoms with Crippen LogP contribution in [0.15, 0.2) is 22.9 Å². The molecule has 0 aromatic carbocycles. The van der Waals surface area contributed by atoms with Crippen molar-refractivity contribution in [2.75, 3.05) is 0 Å². The predicted octanol–water partition coefficient (Wildman–Crippen LogP) is 4.53. The zero-order valence-corrected chi connectivity index (χ0v) is 12.1. The molecule has 0 radical (unpaired) electrons. The molecule has 2 heterocycles. The molecule has 2 rings (SSSR count). The highest BCUT2D eigenvalue weighted by Crippen LogP contribution is 2.18. The summed E-state index contributed by atoms with van der Waals surface area (Å²) >= 11 is 3.52. The number of hydrogen-bond acceptors (Lipinski definition) is 1. The maximum Gasteiger partial charge on any atom is 0.139 e. The van der Waals surface area contributed by atoms with Crippen LogP contribution in [0.3, 0.4) is 0 Å². The molecule has 0 spiro atoms. The van der Waals surface area contributed by atoms with E-state index in [2.05, 4.69) is 52.6 Å². The highest BCUT2D eigenvalue weighted by atomic mass is 79.9. The maximum atomic E-state index is 4.69. The number of fused-ring (bicyclic) bond motifs is 1. The van der Waals surface area contributed by atoms with Gasteiger partial charge in [-0.3, -0.25) is 0 Å². The van der Waals surface area contributed by atoms with Crippen molar-refractivity contribution in [3.05, 3.63) is 34.2 Å². The van der Waals surface area contributed by atoms with E-state index < -0.39 is 0 Å². The van der Waals surface area contributed by atoms with E-state index in [1.54, 1.807) is 0 Å². The maximum absolute atomic E-state index is 4.69. The standard InChI is InChI=1S/C14H19BrN2/c1-3-4-5-6-7-13-10-17-9-12(15)8-11(2)14(17)16-13/h8-10H,3-7H2,1-2H3. The van der Waals surface area contributed by atoms with E-state index in [0.717, 1.165) is 16.5 Å². The molecule has 0 amide bonds. The first-order valence-corrected chi connectivity index (χ1v) is 7.13. The second-order valence-electron chi connectivity index (χ2n) is 4.62. The van der Waals surface area contributed by atoms with E-state index in [9.17, 15) is 0 Å². The van der Waals surface area contributed by atoms with Crippen LogP contribution in [0.5, 0.6) is 0 Å². The van der Waals surface area contributed by atoms with Crippen LogP contribution in [0.1, 0.15) is 43.9 Å². The molecule has 0 saturated heterocycles. The van der Waals surface area contributed by atoms with Crippen LogP contribution < -0.4 is 0 Å². The average Bonchev–Trinajstić information content (AvgIpc) is 2.67. The van der Waals surface area contributed by atoms with Gasteiger partial charge in [-0.1, -0.05) is 26.2 Å². The van der Waals surface area contributed by atoms with Gasteiger partial charge < -0.3 is 4.40 Å². The molecule has 2 nitrogen and oxygen atoms in total. The highest BCUT2D eigenvalue weighted by molar-refractivity contribution is 9.10. The Morgan fingerprint density at radius 1 is 1.24 bits per heavy atom. The molecule has 2 aromatic heterocycles. The average molecular weight is 295 g/mol. The molecular weight excluding hydrogens is 276 g/mol. The molecule has 0 N–H and O–H groups in total. The summed E-state index contributed by atoms with van der Waals surface area (Å²) in [5.41, 5.74) is 3.51. The molecule has 0 bridgehead atoms. The van der Waals surface area contributed by atoms with Gasteiger partial charge in [-0.05, 0) is 47.3 Å². The van der Waals surface area contributed by atoms with Crippen LogP contribution >= 0.6 is 15.9 Å². The first-order chi connectivity index (χ1) is 8.20. The van der Waals surface area contributed by atoms with Crippen molar-refractivity contribution in [1.29, 1.82) is 0 Å². The molecule has 3 heteroatoms. The summed E-state index contributed by atoms with van der Waals surface area (Å²) in [6, 6.07) is 2.11. The van der Waals surface area contributed by atoms with Gasteiger partial charge in [-0.2, -0.15) is 0 Å². The van der Waals surface area contributed by atoms with Crippen LogP contribution in [-0.2, 0) is 6.42 Å². The lowest BCUT2D eigenvalue weighted by atomic mass is 10.1. The van der Waals surface area contributed by atoms with E-state index in [1.807, 2.05) is 0 Å². The fourth-order valence-electron chi connectivity index (χ4n) is 2.13. The van der Waals surface area contributed by atoms with E-state index >= 15 is 0 Å². The van der Waals surface area contributed by atoms with E-state index in [4.69, 9.17) is 4.98 Å². The lowest BCUT2D eigenvalue weighted by Crippen LogP contribution is -1.86. The molecule has 0 aliphatic heterocycles. The number of imidazole rings is 1. The normalized spacial score (nSPS) is 11.2. The van der Waals surface area contributed by atoms with Gasteiger partial charge in [0.1, 0.15) is 5.65 Å². The van der Waals surface area contributed by atoms with E-state index in [1.165, 1.54) is 36.9 Å².